The fourth-order valence-electron chi connectivity index (χ4n) is 2.46. The largest absolute Gasteiger partial charge is 0.340 e. The highest BCUT2D eigenvalue weighted by atomic mass is 16.2. The Hall–Kier alpha value is -2.76. The molecule has 0 saturated carbocycles. The lowest BCUT2D eigenvalue weighted by molar-refractivity contribution is -0.130. The number of amides is 1. The van der Waals surface area contributed by atoms with Gasteiger partial charge in [-0.3, -0.25) is 14.5 Å². The van der Waals surface area contributed by atoms with Crippen molar-refractivity contribution >= 4 is 16.8 Å². The summed E-state index contributed by atoms with van der Waals surface area (Å²) in [5.74, 6) is 0.111. The molecule has 0 unspecified atom stereocenters. The normalized spacial score (nSPS) is 10.8. The molecule has 2 aromatic heterocycles. The molecule has 0 spiro atoms. The lowest BCUT2D eigenvalue weighted by atomic mass is 10.2. The fraction of sp³-hybridized carbons (Fsp3) is 0.294. The SMILES string of the molecule is CN(Cc1ccc2ccccc2n1)C(=O)CCCn1cncn1. The van der Waals surface area contributed by atoms with Crippen LogP contribution in [0.4, 0.5) is 0 Å². The predicted molar refractivity (Wildman–Crippen MR) is 87.5 cm³/mol. The molecular weight excluding hydrogens is 290 g/mol. The summed E-state index contributed by atoms with van der Waals surface area (Å²) < 4.78 is 1.73. The van der Waals surface area contributed by atoms with Gasteiger partial charge in [-0.25, -0.2) is 4.98 Å². The number of nitrogens with zero attached hydrogens (tertiary/aromatic N) is 5. The van der Waals surface area contributed by atoms with Crippen molar-refractivity contribution in [1.29, 1.82) is 0 Å². The highest BCUT2D eigenvalue weighted by Gasteiger charge is 2.10. The minimum atomic E-state index is 0.111. The van der Waals surface area contributed by atoms with Gasteiger partial charge >= 0.3 is 0 Å². The number of hydrogen-bond acceptors (Lipinski definition) is 4. The number of hydrogen-bond donors (Lipinski definition) is 0. The third-order valence-electron chi connectivity index (χ3n) is 3.73. The van der Waals surface area contributed by atoms with E-state index < -0.39 is 0 Å². The van der Waals surface area contributed by atoms with Crippen LogP contribution >= 0.6 is 0 Å². The molecule has 2 heterocycles. The van der Waals surface area contributed by atoms with Crippen molar-refractivity contribution < 1.29 is 4.79 Å². The van der Waals surface area contributed by atoms with Gasteiger partial charge in [0.05, 0.1) is 17.8 Å². The van der Waals surface area contributed by atoms with Crippen molar-refractivity contribution in [1.82, 2.24) is 24.6 Å². The third-order valence-corrected chi connectivity index (χ3v) is 3.73. The van der Waals surface area contributed by atoms with E-state index in [4.69, 9.17) is 0 Å². The van der Waals surface area contributed by atoms with E-state index in [1.165, 1.54) is 6.33 Å². The smallest absolute Gasteiger partial charge is 0.222 e. The minimum Gasteiger partial charge on any atom is -0.340 e. The molecule has 23 heavy (non-hydrogen) atoms. The molecule has 0 radical (unpaired) electrons. The molecule has 0 atom stereocenters. The van der Waals surface area contributed by atoms with Crippen LogP contribution in [0.5, 0.6) is 0 Å². The number of para-hydroxylation sites is 1. The van der Waals surface area contributed by atoms with Crippen molar-refractivity contribution in [2.75, 3.05) is 7.05 Å². The zero-order valence-electron chi connectivity index (χ0n) is 13.1. The topological polar surface area (TPSA) is 63.9 Å². The van der Waals surface area contributed by atoms with Crippen LogP contribution in [0.3, 0.4) is 0 Å². The number of carbonyl (C=O) groups is 1. The minimum absolute atomic E-state index is 0.111. The van der Waals surface area contributed by atoms with E-state index >= 15 is 0 Å². The number of aryl methyl sites for hydroxylation is 1. The first kappa shape index (κ1) is 15.1. The van der Waals surface area contributed by atoms with Crippen molar-refractivity contribution in [3.63, 3.8) is 0 Å². The van der Waals surface area contributed by atoms with Crippen molar-refractivity contribution in [2.24, 2.45) is 0 Å². The molecule has 3 aromatic rings. The van der Waals surface area contributed by atoms with Crippen LogP contribution in [0, 0.1) is 0 Å². The van der Waals surface area contributed by atoms with Crippen LogP contribution in [-0.4, -0.2) is 37.6 Å². The number of carbonyl (C=O) groups excluding carboxylic acids is 1. The van der Waals surface area contributed by atoms with Gasteiger partial charge in [0, 0.05) is 25.4 Å². The third kappa shape index (κ3) is 3.91. The van der Waals surface area contributed by atoms with Crippen molar-refractivity contribution in [2.45, 2.75) is 25.9 Å². The van der Waals surface area contributed by atoms with E-state index in [1.54, 1.807) is 15.9 Å². The summed E-state index contributed by atoms with van der Waals surface area (Å²) >= 11 is 0. The van der Waals surface area contributed by atoms with Gasteiger partial charge in [-0.15, -0.1) is 0 Å². The van der Waals surface area contributed by atoms with Crippen molar-refractivity contribution in [3.05, 3.63) is 54.7 Å². The molecule has 0 N–H and O–H groups in total. The van der Waals surface area contributed by atoms with E-state index in [0.717, 1.165) is 23.0 Å². The first-order valence-electron chi connectivity index (χ1n) is 7.63. The summed E-state index contributed by atoms with van der Waals surface area (Å²) in [6.45, 7) is 1.22. The standard InChI is InChI=1S/C17H19N5O/c1-21(17(23)7-4-10-22-13-18-12-19-22)11-15-9-8-14-5-2-3-6-16(14)20-15/h2-3,5-6,8-9,12-13H,4,7,10-11H2,1H3. The summed E-state index contributed by atoms with van der Waals surface area (Å²) in [4.78, 5) is 22.4. The van der Waals surface area contributed by atoms with Crippen molar-refractivity contribution in [3.8, 4) is 0 Å². The highest BCUT2D eigenvalue weighted by molar-refractivity contribution is 5.78. The number of fused-ring (bicyclic) bond motifs is 1. The zero-order valence-corrected chi connectivity index (χ0v) is 13.1. The van der Waals surface area contributed by atoms with Gasteiger partial charge in [-0.05, 0) is 18.6 Å². The van der Waals surface area contributed by atoms with E-state index in [2.05, 4.69) is 15.1 Å². The quantitative estimate of drug-likeness (QED) is 0.700. The second-order valence-corrected chi connectivity index (χ2v) is 5.51. The maximum absolute atomic E-state index is 12.2. The molecule has 118 valence electrons. The summed E-state index contributed by atoms with van der Waals surface area (Å²) in [6.07, 6.45) is 4.40. The molecule has 0 aliphatic rings. The second kappa shape index (κ2) is 7.00. The lowest BCUT2D eigenvalue weighted by Gasteiger charge is -2.17. The Morgan fingerprint density at radius 2 is 2.09 bits per heavy atom. The van der Waals surface area contributed by atoms with Gasteiger partial charge in [-0.1, -0.05) is 24.3 Å². The van der Waals surface area contributed by atoms with Gasteiger partial charge in [0.2, 0.25) is 5.91 Å². The summed E-state index contributed by atoms with van der Waals surface area (Å²) in [5, 5.41) is 5.13. The molecule has 6 heteroatoms. The average molecular weight is 309 g/mol. The second-order valence-electron chi connectivity index (χ2n) is 5.51. The van der Waals surface area contributed by atoms with Crippen LogP contribution in [0.25, 0.3) is 10.9 Å². The van der Waals surface area contributed by atoms with Crippen LogP contribution in [0.1, 0.15) is 18.5 Å². The van der Waals surface area contributed by atoms with Gasteiger partial charge < -0.3 is 4.90 Å². The van der Waals surface area contributed by atoms with Gasteiger partial charge in [0.1, 0.15) is 12.7 Å². The van der Waals surface area contributed by atoms with E-state index in [9.17, 15) is 4.79 Å². The molecule has 1 amide bonds. The zero-order chi connectivity index (χ0) is 16.1. The number of aromatic nitrogens is 4. The first-order chi connectivity index (χ1) is 11.2. The number of pyridine rings is 1. The average Bonchev–Trinajstić information content (AvgIpc) is 3.08. The molecule has 1 aromatic carbocycles. The van der Waals surface area contributed by atoms with Crippen LogP contribution in [0.2, 0.25) is 0 Å². The Balaban J connectivity index is 1.54. The van der Waals surface area contributed by atoms with E-state index in [0.29, 0.717) is 19.5 Å². The molecule has 6 nitrogen and oxygen atoms in total. The number of rotatable bonds is 6. The highest BCUT2D eigenvalue weighted by Crippen LogP contribution is 2.13. The fourth-order valence-corrected chi connectivity index (χ4v) is 2.46. The van der Waals surface area contributed by atoms with Crippen LogP contribution in [0.15, 0.2) is 49.1 Å². The Bertz CT molecular complexity index is 785. The number of benzene rings is 1. The lowest BCUT2D eigenvalue weighted by Crippen LogP contribution is -2.26. The summed E-state index contributed by atoms with van der Waals surface area (Å²) in [5.41, 5.74) is 1.85. The molecular formula is C17H19N5O. The Labute approximate surface area is 134 Å². The maximum atomic E-state index is 12.2. The van der Waals surface area contributed by atoms with Crippen LogP contribution < -0.4 is 0 Å². The monoisotopic (exact) mass is 309 g/mol. The van der Waals surface area contributed by atoms with Gasteiger partial charge in [-0.2, -0.15) is 5.10 Å². The Morgan fingerprint density at radius 1 is 1.22 bits per heavy atom. The van der Waals surface area contributed by atoms with Gasteiger partial charge in [0.15, 0.2) is 0 Å². The van der Waals surface area contributed by atoms with Gasteiger partial charge in [0.25, 0.3) is 0 Å². The molecule has 0 aliphatic heterocycles. The molecule has 0 saturated heterocycles. The summed E-state index contributed by atoms with van der Waals surface area (Å²) in [7, 11) is 1.81. The van der Waals surface area contributed by atoms with E-state index in [-0.39, 0.29) is 5.91 Å². The molecule has 3 rings (SSSR count). The Morgan fingerprint density at radius 3 is 2.91 bits per heavy atom. The molecule has 0 bridgehead atoms. The molecule has 0 aliphatic carbocycles. The van der Waals surface area contributed by atoms with Crippen LogP contribution in [-0.2, 0) is 17.9 Å². The predicted octanol–water partition coefficient (Wildman–Crippen LogP) is 2.27. The Kier molecular flexibility index (Phi) is 4.61. The van der Waals surface area contributed by atoms with E-state index in [1.807, 2.05) is 43.4 Å². The summed E-state index contributed by atoms with van der Waals surface area (Å²) in [6, 6.07) is 12.0. The molecule has 0 fully saturated rings. The first-order valence-corrected chi connectivity index (χ1v) is 7.63. The maximum Gasteiger partial charge on any atom is 0.222 e.